The van der Waals surface area contributed by atoms with Crippen molar-refractivity contribution in [1.29, 1.82) is 5.26 Å². The van der Waals surface area contributed by atoms with E-state index >= 15 is 0 Å². The summed E-state index contributed by atoms with van der Waals surface area (Å²) in [6.45, 7) is 3.12. The highest BCUT2D eigenvalue weighted by atomic mass is 16.4. The molecule has 5 heteroatoms. The molecule has 0 fully saturated rings. The minimum atomic E-state index is -1.01. The van der Waals surface area contributed by atoms with Gasteiger partial charge in [-0.25, -0.2) is 0 Å². The molecule has 0 aromatic heterocycles. The molecule has 18 heavy (non-hydrogen) atoms. The Morgan fingerprint density at radius 3 is 2.33 bits per heavy atom. The molecule has 2 N–H and O–H groups in total. The van der Waals surface area contributed by atoms with Gasteiger partial charge in [-0.05, 0) is 38.1 Å². The van der Waals surface area contributed by atoms with Crippen LogP contribution >= 0.6 is 0 Å². The second-order valence-corrected chi connectivity index (χ2v) is 4.56. The van der Waals surface area contributed by atoms with Crippen LogP contribution in [0.1, 0.15) is 29.8 Å². The number of aliphatic carboxylic acids is 1. The molecule has 1 rings (SSSR count). The molecule has 0 aliphatic carbocycles. The molecule has 0 spiro atoms. The number of nitrogens with zero attached hydrogens (tertiary/aromatic N) is 1. The molecule has 0 aliphatic rings. The van der Waals surface area contributed by atoms with Crippen molar-refractivity contribution >= 4 is 11.9 Å². The predicted molar refractivity (Wildman–Crippen MR) is 64.9 cm³/mol. The van der Waals surface area contributed by atoms with Gasteiger partial charge in [-0.1, -0.05) is 0 Å². The van der Waals surface area contributed by atoms with Crippen molar-refractivity contribution in [1.82, 2.24) is 5.32 Å². The average Bonchev–Trinajstić information content (AvgIpc) is 2.36. The third-order valence-electron chi connectivity index (χ3n) is 2.55. The van der Waals surface area contributed by atoms with Crippen LogP contribution in [0.5, 0.6) is 0 Å². The lowest BCUT2D eigenvalue weighted by Gasteiger charge is -2.19. The second kappa shape index (κ2) is 5.32. The number of amides is 1. The van der Waals surface area contributed by atoms with Crippen LogP contribution in [0, 0.1) is 16.7 Å². The highest BCUT2D eigenvalue weighted by Crippen LogP contribution is 2.13. The van der Waals surface area contributed by atoms with E-state index in [1.54, 1.807) is 0 Å². The first-order valence-electron chi connectivity index (χ1n) is 5.38. The number of hydrogen-bond acceptors (Lipinski definition) is 3. The highest BCUT2D eigenvalue weighted by Gasteiger charge is 2.27. The molecule has 0 bridgehead atoms. The van der Waals surface area contributed by atoms with Gasteiger partial charge in [0.1, 0.15) is 0 Å². The highest BCUT2D eigenvalue weighted by molar-refractivity contribution is 5.94. The molecule has 0 saturated carbocycles. The Labute approximate surface area is 105 Å². The fraction of sp³-hybridized carbons (Fsp3) is 0.308. The molecule has 0 radical (unpaired) electrons. The van der Waals surface area contributed by atoms with Gasteiger partial charge in [0.05, 0.1) is 17.0 Å². The maximum atomic E-state index is 11.7. The van der Waals surface area contributed by atoms with Gasteiger partial charge >= 0.3 is 5.97 Å². The van der Waals surface area contributed by atoms with Gasteiger partial charge < -0.3 is 10.4 Å². The molecule has 94 valence electrons. The van der Waals surface area contributed by atoms with Crippen molar-refractivity contribution in [2.75, 3.05) is 6.54 Å². The fourth-order valence-electron chi connectivity index (χ4n) is 1.18. The normalized spacial score (nSPS) is 10.5. The first-order valence-corrected chi connectivity index (χ1v) is 5.38. The standard InChI is InChI=1S/C13H14N2O3/c1-13(2,12(17)18)8-15-11(16)10-5-3-9(7-14)4-6-10/h3-6H,8H2,1-2H3,(H,15,16)(H,17,18). The van der Waals surface area contributed by atoms with E-state index in [1.807, 2.05) is 6.07 Å². The smallest absolute Gasteiger partial charge is 0.310 e. The lowest BCUT2D eigenvalue weighted by molar-refractivity contribution is -0.146. The van der Waals surface area contributed by atoms with Crippen LogP contribution in [-0.2, 0) is 4.79 Å². The molecule has 5 nitrogen and oxygen atoms in total. The third-order valence-corrected chi connectivity index (χ3v) is 2.55. The Morgan fingerprint density at radius 1 is 1.33 bits per heavy atom. The molecule has 0 aliphatic heterocycles. The number of nitrogens with one attached hydrogen (secondary N) is 1. The number of hydrogen-bond donors (Lipinski definition) is 2. The van der Waals surface area contributed by atoms with Crippen molar-refractivity contribution in [3.63, 3.8) is 0 Å². The molecule has 1 aromatic rings. The van der Waals surface area contributed by atoms with E-state index in [0.717, 1.165) is 0 Å². The van der Waals surface area contributed by atoms with Gasteiger partial charge in [-0.2, -0.15) is 5.26 Å². The first-order chi connectivity index (χ1) is 8.36. The summed E-state index contributed by atoms with van der Waals surface area (Å²) in [7, 11) is 0. The topological polar surface area (TPSA) is 90.2 Å². The van der Waals surface area contributed by atoms with Crippen LogP contribution in [0.3, 0.4) is 0 Å². The predicted octanol–water partition coefficient (Wildman–Crippen LogP) is 1.40. The van der Waals surface area contributed by atoms with E-state index < -0.39 is 11.4 Å². The Bertz CT molecular complexity index is 498. The van der Waals surface area contributed by atoms with E-state index in [1.165, 1.54) is 38.1 Å². The maximum absolute atomic E-state index is 11.7. The first kappa shape index (κ1) is 13.7. The van der Waals surface area contributed by atoms with E-state index in [-0.39, 0.29) is 12.5 Å². The van der Waals surface area contributed by atoms with Crippen LogP contribution < -0.4 is 5.32 Å². The van der Waals surface area contributed by atoms with Crippen molar-refractivity contribution in [3.05, 3.63) is 35.4 Å². The third kappa shape index (κ3) is 3.32. The largest absolute Gasteiger partial charge is 0.481 e. The van der Waals surface area contributed by atoms with Crippen molar-refractivity contribution in [2.45, 2.75) is 13.8 Å². The van der Waals surface area contributed by atoms with Crippen molar-refractivity contribution in [3.8, 4) is 6.07 Å². The number of carboxylic acids is 1. The van der Waals surface area contributed by atoms with Crippen LogP contribution in [-0.4, -0.2) is 23.5 Å². The SMILES string of the molecule is CC(C)(CNC(=O)c1ccc(C#N)cc1)C(=O)O. The summed E-state index contributed by atoms with van der Waals surface area (Å²) in [4.78, 5) is 22.6. The number of carbonyl (C=O) groups is 2. The molecule has 0 saturated heterocycles. The maximum Gasteiger partial charge on any atom is 0.310 e. The zero-order valence-electron chi connectivity index (χ0n) is 10.2. The Hall–Kier alpha value is -2.35. The fourth-order valence-corrected chi connectivity index (χ4v) is 1.18. The molecule has 0 unspecified atom stereocenters. The average molecular weight is 246 g/mol. The van der Waals surface area contributed by atoms with Crippen LogP contribution in [0.2, 0.25) is 0 Å². The summed E-state index contributed by atoms with van der Waals surface area (Å²) in [6.07, 6.45) is 0. The van der Waals surface area contributed by atoms with Gasteiger partial charge in [0.25, 0.3) is 5.91 Å². The number of benzene rings is 1. The van der Waals surface area contributed by atoms with E-state index in [4.69, 9.17) is 10.4 Å². The van der Waals surface area contributed by atoms with Crippen LogP contribution in [0.15, 0.2) is 24.3 Å². The van der Waals surface area contributed by atoms with Gasteiger partial charge in [-0.15, -0.1) is 0 Å². The Balaban J connectivity index is 2.66. The lowest BCUT2D eigenvalue weighted by atomic mass is 9.94. The number of carboxylic acid groups (broad SMARTS) is 1. The van der Waals surface area contributed by atoms with E-state index in [0.29, 0.717) is 11.1 Å². The Kier molecular flexibility index (Phi) is 4.05. The van der Waals surface area contributed by atoms with Crippen LogP contribution in [0.25, 0.3) is 0 Å². The quantitative estimate of drug-likeness (QED) is 0.840. The minimum absolute atomic E-state index is 0.0428. The van der Waals surface area contributed by atoms with Gasteiger partial charge in [0, 0.05) is 12.1 Å². The summed E-state index contributed by atoms with van der Waals surface area (Å²) in [5.41, 5.74) is -0.143. The minimum Gasteiger partial charge on any atom is -0.481 e. The van der Waals surface area contributed by atoms with Gasteiger partial charge in [0.2, 0.25) is 0 Å². The van der Waals surface area contributed by atoms with Crippen molar-refractivity contribution < 1.29 is 14.7 Å². The molecule has 1 amide bonds. The van der Waals surface area contributed by atoms with E-state index in [9.17, 15) is 9.59 Å². The number of carbonyl (C=O) groups excluding carboxylic acids is 1. The van der Waals surface area contributed by atoms with Gasteiger partial charge in [-0.3, -0.25) is 9.59 Å². The number of rotatable bonds is 4. The number of nitriles is 1. The monoisotopic (exact) mass is 246 g/mol. The second-order valence-electron chi connectivity index (χ2n) is 4.56. The molecular formula is C13H14N2O3. The summed E-state index contributed by atoms with van der Waals surface area (Å²) >= 11 is 0. The zero-order chi connectivity index (χ0) is 13.8. The van der Waals surface area contributed by atoms with Gasteiger partial charge in [0.15, 0.2) is 0 Å². The summed E-state index contributed by atoms with van der Waals surface area (Å²) < 4.78 is 0. The Morgan fingerprint density at radius 2 is 1.89 bits per heavy atom. The molecular weight excluding hydrogens is 232 g/mol. The zero-order valence-corrected chi connectivity index (χ0v) is 10.2. The molecule has 1 aromatic carbocycles. The summed E-state index contributed by atoms with van der Waals surface area (Å²) in [6, 6.07) is 8.09. The van der Waals surface area contributed by atoms with Crippen molar-refractivity contribution in [2.24, 2.45) is 5.41 Å². The summed E-state index contributed by atoms with van der Waals surface area (Å²) in [5.74, 6) is -1.32. The lowest BCUT2D eigenvalue weighted by Crippen LogP contribution is -2.38. The molecule has 0 atom stereocenters. The summed E-state index contributed by atoms with van der Waals surface area (Å²) in [5, 5.41) is 20.1. The van der Waals surface area contributed by atoms with Crippen LogP contribution in [0.4, 0.5) is 0 Å². The molecule has 0 heterocycles. The van der Waals surface area contributed by atoms with E-state index in [2.05, 4.69) is 5.32 Å².